The van der Waals surface area contributed by atoms with Crippen LogP contribution in [0.3, 0.4) is 0 Å². The summed E-state index contributed by atoms with van der Waals surface area (Å²) in [6.07, 6.45) is -3.38. The zero-order valence-corrected chi connectivity index (χ0v) is 25.9. The van der Waals surface area contributed by atoms with E-state index >= 15 is 0 Å². The molecule has 0 aliphatic carbocycles. The molecule has 1 aliphatic rings. The van der Waals surface area contributed by atoms with Crippen molar-refractivity contribution in [2.45, 2.75) is 56.3 Å². The van der Waals surface area contributed by atoms with Gasteiger partial charge >= 0.3 is 0 Å². The van der Waals surface area contributed by atoms with E-state index in [2.05, 4.69) is 0 Å². The molecular weight excluding hydrogens is 600 g/mol. The van der Waals surface area contributed by atoms with Gasteiger partial charge in [0.05, 0.1) is 33.0 Å². The molecule has 9 heteroatoms. The molecule has 0 bridgehead atoms. The molecule has 232 valence electrons. The second-order valence-corrected chi connectivity index (χ2v) is 13.3. The third-order valence-corrected chi connectivity index (χ3v) is 9.65. The fourth-order valence-electron chi connectivity index (χ4n) is 5.10. The van der Waals surface area contributed by atoms with Gasteiger partial charge in [0.25, 0.3) is 0 Å². The van der Waals surface area contributed by atoms with Gasteiger partial charge in [-0.15, -0.1) is 11.6 Å². The predicted molar refractivity (Wildman–Crippen MR) is 169 cm³/mol. The smallest absolute Gasteiger partial charge is 0.193 e. The van der Waals surface area contributed by atoms with E-state index in [1.807, 2.05) is 121 Å². The van der Waals surface area contributed by atoms with Gasteiger partial charge in [-0.05, 0) is 22.3 Å². The zero-order chi connectivity index (χ0) is 30.6. The van der Waals surface area contributed by atoms with Gasteiger partial charge < -0.3 is 23.7 Å². The number of sulfone groups is 1. The van der Waals surface area contributed by atoms with Crippen LogP contribution in [0.15, 0.2) is 121 Å². The minimum Gasteiger partial charge on any atom is -0.374 e. The Kier molecular flexibility index (Phi) is 12.0. The van der Waals surface area contributed by atoms with Crippen LogP contribution >= 0.6 is 11.6 Å². The van der Waals surface area contributed by atoms with Crippen LogP contribution in [0.1, 0.15) is 22.3 Å². The van der Waals surface area contributed by atoms with Gasteiger partial charge in [0.15, 0.2) is 15.3 Å². The lowest BCUT2D eigenvalue weighted by Crippen LogP contribution is -2.63. The summed E-state index contributed by atoms with van der Waals surface area (Å²) in [5.74, 6) is 0. The molecule has 5 rings (SSSR count). The van der Waals surface area contributed by atoms with Crippen molar-refractivity contribution in [1.29, 1.82) is 0 Å². The number of alkyl halides is 1. The van der Waals surface area contributed by atoms with Crippen LogP contribution in [0.2, 0.25) is 0 Å². The molecule has 4 aromatic rings. The maximum atomic E-state index is 13.4. The Hall–Kier alpha value is -3.08. The fraction of sp³-hybridized carbons (Fsp3) is 0.314. The van der Waals surface area contributed by atoms with Crippen LogP contribution in [0, 0.1) is 0 Å². The van der Waals surface area contributed by atoms with Crippen molar-refractivity contribution in [1.82, 2.24) is 0 Å². The van der Waals surface area contributed by atoms with E-state index in [0.29, 0.717) is 6.61 Å². The Morgan fingerprint density at radius 1 is 0.545 bits per heavy atom. The molecule has 0 N–H and O–H groups in total. The number of benzene rings is 4. The maximum absolute atomic E-state index is 13.4. The highest BCUT2D eigenvalue weighted by Crippen LogP contribution is 2.33. The van der Waals surface area contributed by atoms with Gasteiger partial charge in [0, 0.05) is 0 Å². The number of hydrogen-bond donors (Lipinski definition) is 0. The first kappa shape index (κ1) is 32.3. The van der Waals surface area contributed by atoms with Crippen molar-refractivity contribution in [2.75, 3.05) is 11.8 Å². The largest absolute Gasteiger partial charge is 0.374 e. The van der Waals surface area contributed by atoms with E-state index in [4.69, 9.17) is 35.3 Å². The van der Waals surface area contributed by atoms with Crippen molar-refractivity contribution >= 4 is 21.4 Å². The van der Waals surface area contributed by atoms with Crippen LogP contribution < -0.4 is 0 Å². The van der Waals surface area contributed by atoms with Gasteiger partial charge in [-0.2, -0.15) is 0 Å². The molecule has 0 unspecified atom stereocenters. The molecule has 5 atom stereocenters. The normalized spacial score (nSPS) is 22.1. The Bertz CT molecular complexity index is 1490. The van der Waals surface area contributed by atoms with Gasteiger partial charge in [-0.3, -0.25) is 0 Å². The minimum atomic E-state index is -3.96. The Balaban J connectivity index is 1.47. The molecule has 1 aliphatic heterocycles. The van der Waals surface area contributed by atoms with Crippen LogP contribution in [0.25, 0.3) is 0 Å². The monoisotopic (exact) mass is 636 g/mol. The lowest BCUT2D eigenvalue weighted by molar-refractivity contribution is -0.256. The summed E-state index contributed by atoms with van der Waals surface area (Å²) in [4.78, 5) is 0. The summed E-state index contributed by atoms with van der Waals surface area (Å²) in [5.41, 5.74) is 2.35. The van der Waals surface area contributed by atoms with Gasteiger partial charge in [-0.25, -0.2) is 8.42 Å². The van der Waals surface area contributed by atoms with E-state index in [-0.39, 0.29) is 26.4 Å². The zero-order valence-electron chi connectivity index (χ0n) is 24.3. The summed E-state index contributed by atoms with van der Waals surface area (Å²) < 4.78 is 58.8. The average Bonchev–Trinajstić information content (AvgIpc) is 3.07. The lowest BCUT2D eigenvalue weighted by Gasteiger charge is -2.45. The van der Waals surface area contributed by atoms with E-state index in [0.717, 1.165) is 22.3 Å². The molecule has 44 heavy (non-hydrogen) atoms. The third kappa shape index (κ3) is 8.99. The van der Waals surface area contributed by atoms with Crippen molar-refractivity contribution in [3.63, 3.8) is 0 Å². The molecule has 0 aromatic heterocycles. The highest BCUT2D eigenvalue weighted by atomic mass is 35.5. The molecule has 0 spiro atoms. The topological polar surface area (TPSA) is 80.3 Å². The van der Waals surface area contributed by atoms with Crippen molar-refractivity contribution < 1.29 is 32.1 Å². The highest BCUT2D eigenvalue weighted by Gasteiger charge is 2.52. The first-order valence-electron chi connectivity index (χ1n) is 14.5. The Morgan fingerprint density at radius 3 is 1.36 bits per heavy atom. The predicted octanol–water partition coefficient (Wildman–Crippen LogP) is 6.30. The Morgan fingerprint density at radius 2 is 0.932 bits per heavy atom. The van der Waals surface area contributed by atoms with Gasteiger partial charge in [-0.1, -0.05) is 121 Å². The number of halogens is 1. The quantitative estimate of drug-likeness (QED) is 0.142. The molecular formula is C35H37ClO7S. The third-order valence-electron chi connectivity index (χ3n) is 7.35. The van der Waals surface area contributed by atoms with Crippen LogP contribution in [0.4, 0.5) is 0 Å². The SMILES string of the molecule is O=S(=O)(CCl)[C@H]1O[C@H](COCc2ccccc2)[C@@H](OCc2ccccc2)[C@H](OCc2ccccc2)[C@@H]1OCc1ccccc1. The average molecular weight is 637 g/mol. The first-order valence-corrected chi connectivity index (χ1v) is 16.8. The molecule has 4 aromatic carbocycles. The van der Waals surface area contributed by atoms with Crippen LogP contribution in [-0.2, 0) is 59.9 Å². The molecule has 0 amide bonds. The van der Waals surface area contributed by atoms with Gasteiger partial charge in [0.2, 0.25) is 0 Å². The lowest BCUT2D eigenvalue weighted by atomic mass is 9.98. The molecule has 1 saturated heterocycles. The van der Waals surface area contributed by atoms with E-state index in [1.54, 1.807) is 0 Å². The molecule has 0 saturated carbocycles. The molecule has 7 nitrogen and oxygen atoms in total. The standard InChI is InChI=1S/C35H37ClO7S/c36-26-44(37,38)35-34(42-24-30-19-11-4-12-20-30)33(41-23-29-17-9-3-10-18-29)32(40-22-28-15-7-2-8-16-28)31(43-35)25-39-21-27-13-5-1-6-14-27/h1-20,31-35H,21-26H2/t31-,32-,33+,34+,35-/m1/s1. The molecule has 0 radical (unpaired) electrons. The summed E-state index contributed by atoms with van der Waals surface area (Å²) in [5, 5.41) is -0.637. The minimum absolute atomic E-state index is 0.0687. The van der Waals surface area contributed by atoms with Crippen LogP contribution in [-0.4, -0.2) is 50.1 Å². The summed E-state index contributed by atoms with van der Waals surface area (Å²) in [6.45, 7) is 1.01. The number of rotatable bonds is 15. The number of ether oxygens (including phenoxy) is 5. The van der Waals surface area contributed by atoms with E-state index in [9.17, 15) is 8.42 Å². The maximum Gasteiger partial charge on any atom is 0.193 e. The Labute approximate surface area is 264 Å². The molecule has 1 fully saturated rings. The second kappa shape index (κ2) is 16.3. The van der Waals surface area contributed by atoms with Crippen molar-refractivity contribution in [2.24, 2.45) is 0 Å². The van der Waals surface area contributed by atoms with Crippen molar-refractivity contribution in [3.8, 4) is 0 Å². The van der Waals surface area contributed by atoms with E-state index in [1.165, 1.54) is 0 Å². The highest BCUT2D eigenvalue weighted by molar-refractivity contribution is 7.93. The van der Waals surface area contributed by atoms with Crippen molar-refractivity contribution in [3.05, 3.63) is 144 Å². The molecule has 1 heterocycles. The summed E-state index contributed by atoms with van der Waals surface area (Å²) in [6, 6.07) is 38.7. The second-order valence-electron chi connectivity index (χ2n) is 10.6. The fourth-order valence-corrected chi connectivity index (χ4v) is 6.55. The number of hydrogen-bond acceptors (Lipinski definition) is 7. The van der Waals surface area contributed by atoms with Gasteiger partial charge in [0.1, 0.15) is 29.6 Å². The summed E-state index contributed by atoms with van der Waals surface area (Å²) in [7, 11) is -3.96. The van der Waals surface area contributed by atoms with E-state index < -0.39 is 44.9 Å². The summed E-state index contributed by atoms with van der Waals surface area (Å²) >= 11 is 6.01. The van der Waals surface area contributed by atoms with Crippen LogP contribution in [0.5, 0.6) is 0 Å². The first-order chi connectivity index (χ1) is 21.5.